The molecule has 2 aromatic rings. The lowest BCUT2D eigenvalue weighted by molar-refractivity contribution is 0.572. The molecule has 2 rings (SSSR count). The molecule has 0 aliphatic rings. The molecular weight excluding hydrogens is 303 g/mol. The summed E-state index contributed by atoms with van der Waals surface area (Å²) in [6.45, 7) is -0.0971. The zero-order valence-corrected chi connectivity index (χ0v) is 11.6. The third-order valence-corrected chi connectivity index (χ3v) is 4.30. The predicted molar refractivity (Wildman–Crippen MR) is 71.7 cm³/mol. The SMILES string of the molecule is O=S(=O)(NCCc1cc(F)ccc1F)c1ccc(F)cc1. The Balaban J connectivity index is 2.02. The summed E-state index contributed by atoms with van der Waals surface area (Å²) < 4.78 is 65.1. The molecule has 2 aromatic carbocycles. The summed E-state index contributed by atoms with van der Waals surface area (Å²) in [5, 5.41) is 0. The van der Waals surface area contributed by atoms with Gasteiger partial charge in [0.15, 0.2) is 0 Å². The van der Waals surface area contributed by atoms with Crippen LogP contribution in [0.15, 0.2) is 47.4 Å². The lowest BCUT2D eigenvalue weighted by Gasteiger charge is -2.07. The van der Waals surface area contributed by atoms with Crippen LogP contribution >= 0.6 is 0 Å². The first-order valence-corrected chi connectivity index (χ1v) is 7.56. The molecule has 0 amide bonds. The minimum Gasteiger partial charge on any atom is -0.211 e. The van der Waals surface area contributed by atoms with E-state index in [0.717, 1.165) is 42.5 Å². The smallest absolute Gasteiger partial charge is 0.211 e. The van der Waals surface area contributed by atoms with Crippen molar-refractivity contribution in [2.45, 2.75) is 11.3 Å². The summed E-state index contributed by atoms with van der Waals surface area (Å²) >= 11 is 0. The van der Waals surface area contributed by atoms with Crippen LogP contribution in [0.3, 0.4) is 0 Å². The second-order valence-electron chi connectivity index (χ2n) is 4.34. The van der Waals surface area contributed by atoms with Gasteiger partial charge in [0.25, 0.3) is 0 Å². The minimum atomic E-state index is -3.80. The average molecular weight is 315 g/mol. The Labute approximate surface area is 120 Å². The molecule has 0 unspecified atom stereocenters. The third-order valence-electron chi connectivity index (χ3n) is 2.82. The second-order valence-corrected chi connectivity index (χ2v) is 6.10. The Hall–Kier alpha value is -1.86. The van der Waals surface area contributed by atoms with Gasteiger partial charge in [-0.3, -0.25) is 0 Å². The molecular formula is C14H12F3NO2S. The highest BCUT2D eigenvalue weighted by molar-refractivity contribution is 7.89. The molecule has 0 heterocycles. The van der Waals surface area contributed by atoms with E-state index in [4.69, 9.17) is 0 Å². The van der Waals surface area contributed by atoms with E-state index < -0.39 is 27.5 Å². The lowest BCUT2D eigenvalue weighted by atomic mass is 10.1. The van der Waals surface area contributed by atoms with Gasteiger partial charge in [0.1, 0.15) is 17.5 Å². The molecule has 1 N–H and O–H groups in total. The van der Waals surface area contributed by atoms with E-state index >= 15 is 0 Å². The Bertz CT molecular complexity index is 730. The molecule has 0 radical (unpaired) electrons. The number of sulfonamides is 1. The van der Waals surface area contributed by atoms with Crippen LogP contribution < -0.4 is 4.72 Å². The summed E-state index contributed by atoms with van der Waals surface area (Å²) in [5.41, 5.74) is 0.0804. The maximum Gasteiger partial charge on any atom is 0.240 e. The molecule has 0 atom stereocenters. The van der Waals surface area contributed by atoms with Gasteiger partial charge in [-0.2, -0.15) is 0 Å². The fourth-order valence-electron chi connectivity index (χ4n) is 1.75. The van der Waals surface area contributed by atoms with Crippen molar-refractivity contribution in [1.82, 2.24) is 4.72 Å². The van der Waals surface area contributed by atoms with Gasteiger partial charge in [-0.15, -0.1) is 0 Å². The van der Waals surface area contributed by atoms with E-state index in [1.807, 2.05) is 0 Å². The van der Waals surface area contributed by atoms with Crippen LogP contribution in [0.2, 0.25) is 0 Å². The molecule has 0 saturated carbocycles. The number of halogens is 3. The van der Waals surface area contributed by atoms with Crippen molar-refractivity contribution >= 4 is 10.0 Å². The quantitative estimate of drug-likeness (QED) is 0.922. The van der Waals surface area contributed by atoms with E-state index in [1.165, 1.54) is 0 Å². The van der Waals surface area contributed by atoms with Crippen LogP contribution in [0.1, 0.15) is 5.56 Å². The molecule has 0 aliphatic carbocycles. The number of nitrogens with one attached hydrogen (secondary N) is 1. The second kappa shape index (κ2) is 6.28. The molecule has 0 fully saturated rings. The van der Waals surface area contributed by atoms with Gasteiger partial charge in [0.2, 0.25) is 10.0 Å². The van der Waals surface area contributed by atoms with Gasteiger partial charge >= 0.3 is 0 Å². The predicted octanol–water partition coefficient (Wildman–Crippen LogP) is 2.62. The van der Waals surface area contributed by atoms with E-state index in [9.17, 15) is 21.6 Å². The Morgan fingerprint density at radius 3 is 2.19 bits per heavy atom. The fraction of sp³-hybridized carbons (Fsp3) is 0.143. The number of benzene rings is 2. The zero-order chi connectivity index (χ0) is 15.5. The molecule has 0 saturated heterocycles. The zero-order valence-electron chi connectivity index (χ0n) is 10.8. The summed E-state index contributed by atoms with van der Waals surface area (Å²) in [4.78, 5) is -0.0939. The van der Waals surface area contributed by atoms with Crippen LogP contribution in [0, 0.1) is 17.5 Å². The van der Waals surface area contributed by atoms with E-state index in [1.54, 1.807) is 0 Å². The monoisotopic (exact) mass is 315 g/mol. The van der Waals surface area contributed by atoms with Crippen molar-refractivity contribution in [2.75, 3.05) is 6.54 Å². The Morgan fingerprint density at radius 2 is 1.52 bits per heavy atom. The normalized spacial score (nSPS) is 11.6. The topological polar surface area (TPSA) is 46.2 Å². The Morgan fingerprint density at radius 1 is 0.905 bits per heavy atom. The first-order valence-electron chi connectivity index (χ1n) is 6.08. The van der Waals surface area contributed by atoms with Crippen molar-refractivity contribution in [2.24, 2.45) is 0 Å². The highest BCUT2D eigenvalue weighted by Gasteiger charge is 2.13. The van der Waals surface area contributed by atoms with Crippen LogP contribution in [0.4, 0.5) is 13.2 Å². The van der Waals surface area contributed by atoms with Crippen LogP contribution in [-0.4, -0.2) is 15.0 Å². The highest BCUT2D eigenvalue weighted by Crippen LogP contribution is 2.12. The largest absolute Gasteiger partial charge is 0.240 e. The van der Waals surface area contributed by atoms with E-state index in [0.29, 0.717) is 0 Å². The summed E-state index contributed by atoms with van der Waals surface area (Å²) in [6.07, 6.45) is 0.00399. The first-order chi connectivity index (χ1) is 9.88. The fourth-order valence-corrected chi connectivity index (χ4v) is 2.78. The van der Waals surface area contributed by atoms with Gasteiger partial charge in [-0.25, -0.2) is 26.3 Å². The van der Waals surface area contributed by atoms with Crippen LogP contribution in [0.5, 0.6) is 0 Å². The molecule has 0 aliphatic heterocycles. The summed E-state index contributed by atoms with van der Waals surface area (Å²) in [6, 6.07) is 7.30. The minimum absolute atomic E-state index is 0.00399. The van der Waals surface area contributed by atoms with Crippen LogP contribution in [0.25, 0.3) is 0 Å². The Kier molecular flexibility index (Phi) is 4.64. The molecule has 0 aromatic heterocycles. The molecule has 0 bridgehead atoms. The standard InChI is InChI=1S/C14H12F3NO2S/c15-11-1-4-13(5-2-11)21(19,20)18-8-7-10-9-12(16)3-6-14(10)17/h1-6,9,18H,7-8H2. The van der Waals surface area contributed by atoms with Crippen molar-refractivity contribution in [3.8, 4) is 0 Å². The number of hydrogen-bond acceptors (Lipinski definition) is 2. The van der Waals surface area contributed by atoms with Gasteiger partial charge in [0, 0.05) is 6.54 Å². The van der Waals surface area contributed by atoms with Crippen LogP contribution in [-0.2, 0) is 16.4 Å². The number of hydrogen-bond donors (Lipinski definition) is 1. The van der Waals surface area contributed by atoms with Crippen molar-refractivity contribution < 1.29 is 21.6 Å². The maximum atomic E-state index is 13.4. The van der Waals surface area contributed by atoms with Gasteiger partial charge in [-0.1, -0.05) is 0 Å². The third kappa shape index (κ3) is 4.05. The first kappa shape index (κ1) is 15.5. The maximum absolute atomic E-state index is 13.4. The van der Waals surface area contributed by atoms with E-state index in [-0.39, 0.29) is 23.4 Å². The van der Waals surface area contributed by atoms with Crippen molar-refractivity contribution in [1.29, 1.82) is 0 Å². The molecule has 0 spiro atoms. The lowest BCUT2D eigenvalue weighted by Crippen LogP contribution is -2.26. The van der Waals surface area contributed by atoms with Gasteiger partial charge in [-0.05, 0) is 54.4 Å². The van der Waals surface area contributed by atoms with Crippen molar-refractivity contribution in [3.05, 3.63) is 65.5 Å². The average Bonchev–Trinajstić information content (AvgIpc) is 2.43. The summed E-state index contributed by atoms with van der Waals surface area (Å²) in [7, 11) is -3.80. The van der Waals surface area contributed by atoms with E-state index in [2.05, 4.69) is 4.72 Å². The molecule has 3 nitrogen and oxygen atoms in total. The van der Waals surface area contributed by atoms with Gasteiger partial charge in [0.05, 0.1) is 4.90 Å². The molecule has 7 heteroatoms. The molecule has 21 heavy (non-hydrogen) atoms. The summed E-state index contributed by atoms with van der Waals surface area (Å²) in [5.74, 6) is -1.74. The van der Waals surface area contributed by atoms with Gasteiger partial charge < -0.3 is 0 Å². The highest BCUT2D eigenvalue weighted by atomic mass is 32.2. The van der Waals surface area contributed by atoms with Crippen molar-refractivity contribution in [3.63, 3.8) is 0 Å². The molecule has 112 valence electrons. The number of rotatable bonds is 5.